The molecule has 0 bridgehead atoms. The van der Waals surface area contributed by atoms with Crippen molar-refractivity contribution < 1.29 is 24.5 Å². The van der Waals surface area contributed by atoms with Crippen LogP contribution in [0.4, 0.5) is 5.69 Å². The number of anilines is 1. The third-order valence-electron chi connectivity index (χ3n) is 3.96. The zero-order valence-electron chi connectivity index (χ0n) is 13.9. The lowest BCUT2D eigenvalue weighted by atomic mass is 10.0. The molecule has 7 nitrogen and oxygen atoms in total. The van der Waals surface area contributed by atoms with E-state index >= 15 is 0 Å². The number of benzene rings is 1. The summed E-state index contributed by atoms with van der Waals surface area (Å²) in [5.41, 5.74) is 4.10. The Kier molecular flexibility index (Phi) is 6.83. The summed E-state index contributed by atoms with van der Waals surface area (Å²) >= 11 is 3.78. The van der Waals surface area contributed by atoms with E-state index in [0.29, 0.717) is 12.2 Å². The molecule has 25 heavy (non-hydrogen) atoms. The number of carboxylic acids is 2. The monoisotopic (exact) mass is 412 g/mol. The highest BCUT2D eigenvalue weighted by molar-refractivity contribution is 9.10. The van der Waals surface area contributed by atoms with E-state index < -0.39 is 11.9 Å². The van der Waals surface area contributed by atoms with Gasteiger partial charge in [0.2, 0.25) is 0 Å². The Morgan fingerprint density at radius 2 is 1.88 bits per heavy atom. The fourth-order valence-corrected chi connectivity index (χ4v) is 3.72. The zero-order valence-corrected chi connectivity index (χ0v) is 15.5. The van der Waals surface area contributed by atoms with Crippen LogP contribution in [-0.4, -0.2) is 55.4 Å². The van der Waals surface area contributed by atoms with Crippen molar-refractivity contribution in [1.29, 1.82) is 0 Å². The number of carboxylic acid groups (broad SMARTS) is 2. The molecular weight excluding hydrogens is 392 g/mol. The van der Waals surface area contributed by atoms with Crippen molar-refractivity contribution in [1.82, 2.24) is 5.32 Å². The van der Waals surface area contributed by atoms with Crippen LogP contribution in [0, 0.1) is 0 Å². The Morgan fingerprint density at radius 1 is 1.24 bits per heavy atom. The lowest BCUT2D eigenvalue weighted by Gasteiger charge is -2.30. The largest absolute Gasteiger partial charge is 0.490 e. The number of fused-ring (bicyclic) bond motifs is 2. The molecule has 0 radical (unpaired) electrons. The van der Waals surface area contributed by atoms with Gasteiger partial charge in [-0.2, -0.15) is 0 Å². The van der Waals surface area contributed by atoms with Crippen LogP contribution in [0.5, 0.6) is 5.75 Å². The second kappa shape index (κ2) is 8.87. The number of nitrogens with zero attached hydrogens (tertiary/aromatic N) is 1. The molecule has 0 amide bonds. The predicted molar refractivity (Wildman–Crippen MR) is 97.6 cm³/mol. The minimum Gasteiger partial charge on any atom is -0.490 e. The number of halogens is 1. The van der Waals surface area contributed by atoms with Crippen LogP contribution in [0.15, 0.2) is 22.7 Å². The maximum Gasteiger partial charge on any atom is 0.328 e. The molecule has 0 saturated heterocycles. The van der Waals surface area contributed by atoms with Crippen molar-refractivity contribution in [3.63, 3.8) is 0 Å². The molecule has 1 aromatic carbocycles. The average Bonchev–Trinajstić information content (AvgIpc) is 2.79. The maximum atomic E-state index is 9.55. The first kappa shape index (κ1) is 19.3. The van der Waals surface area contributed by atoms with E-state index in [9.17, 15) is 9.59 Å². The Labute approximate surface area is 154 Å². The second-order valence-corrected chi connectivity index (χ2v) is 6.50. The van der Waals surface area contributed by atoms with Gasteiger partial charge in [0, 0.05) is 23.7 Å². The molecule has 0 aliphatic carbocycles. The van der Waals surface area contributed by atoms with Crippen molar-refractivity contribution in [2.75, 3.05) is 38.2 Å². The molecule has 136 valence electrons. The number of rotatable bonds is 2. The maximum absolute atomic E-state index is 9.55. The summed E-state index contributed by atoms with van der Waals surface area (Å²) < 4.78 is 7.02. The summed E-state index contributed by atoms with van der Waals surface area (Å²) in [6, 6.07) is 2.23. The van der Waals surface area contributed by atoms with Gasteiger partial charge < -0.3 is 25.2 Å². The Balaban J connectivity index is 0.000000242. The van der Waals surface area contributed by atoms with E-state index in [4.69, 9.17) is 14.9 Å². The third-order valence-corrected chi connectivity index (χ3v) is 4.81. The van der Waals surface area contributed by atoms with Crippen molar-refractivity contribution in [3.8, 4) is 5.75 Å². The van der Waals surface area contributed by atoms with Gasteiger partial charge in [0.25, 0.3) is 0 Å². The van der Waals surface area contributed by atoms with Gasteiger partial charge in [-0.1, -0.05) is 0 Å². The van der Waals surface area contributed by atoms with E-state index in [2.05, 4.69) is 39.3 Å². The average molecular weight is 413 g/mol. The smallest absolute Gasteiger partial charge is 0.328 e. The first-order valence-corrected chi connectivity index (χ1v) is 8.72. The second-order valence-electron chi connectivity index (χ2n) is 5.70. The first-order chi connectivity index (χ1) is 11.9. The molecule has 3 rings (SSSR count). The van der Waals surface area contributed by atoms with Gasteiger partial charge in [0.15, 0.2) is 0 Å². The van der Waals surface area contributed by atoms with Crippen LogP contribution < -0.4 is 15.0 Å². The summed E-state index contributed by atoms with van der Waals surface area (Å²) in [5, 5.41) is 19.1. The standard InChI is InChI=1S/C13H17BrN2O.C4H4O4/c1-16-6-7-17-11-8-9-2-4-15-5-3-10(9)12(14)13(11)16;5-3(6)1-2-4(7)8/h8,15H,2-7H2,1H3;1-2H,(H,5,6)(H,7,8)/b;2-1+. The van der Waals surface area contributed by atoms with E-state index in [-0.39, 0.29) is 0 Å². The van der Waals surface area contributed by atoms with Gasteiger partial charge in [-0.3, -0.25) is 0 Å². The molecule has 0 fully saturated rings. The molecule has 0 aromatic heterocycles. The Hall–Kier alpha value is -2.06. The van der Waals surface area contributed by atoms with Crippen LogP contribution in [0.3, 0.4) is 0 Å². The minimum absolute atomic E-state index is 0.558. The molecule has 0 unspecified atom stereocenters. The normalized spacial score (nSPS) is 16.0. The molecule has 0 spiro atoms. The van der Waals surface area contributed by atoms with Crippen LogP contribution in [0.25, 0.3) is 0 Å². The third kappa shape index (κ3) is 5.20. The lowest BCUT2D eigenvalue weighted by Crippen LogP contribution is -2.29. The van der Waals surface area contributed by atoms with Crippen molar-refractivity contribution in [2.45, 2.75) is 12.8 Å². The number of aliphatic carboxylic acids is 2. The van der Waals surface area contributed by atoms with E-state index in [1.54, 1.807) is 0 Å². The number of nitrogens with one attached hydrogen (secondary N) is 1. The summed E-state index contributed by atoms with van der Waals surface area (Å²) in [6.07, 6.45) is 3.30. The number of hydrogen-bond acceptors (Lipinski definition) is 5. The molecule has 3 N–H and O–H groups in total. The number of ether oxygens (including phenoxy) is 1. The van der Waals surface area contributed by atoms with Crippen LogP contribution in [-0.2, 0) is 22.4 Å². The highest BCUT2D eigenvalue weighted by atomic mass is 79.9. The van der Waals surface area contributed by atoms with Gasteiger partial charge in [-0.15, -0.1) is 0 Å². The van der Waals surface area contributed by atoms with E-state index in [0.717, 1.165) is 44.8 Å². The summed E-state index contributed by atoms with van der Waals surface area (Å²) in [4.78, 5) is 21.4. The van der Waals surface area contributed by atoms with Crippen molar-refractivity contribution >= 4 is 33.6 Å². The van der Waals surface area contributed by atoms with Gasteiger partial charge in [-0.05, 0) is 59.1 Å². The van der Waals surface area contributed by atoms with Gasteiger partial charge in [0.05, 0.1) is 12.2 Å². The summed E-state index contributed by atoms with van der Waals surface area (Å²) in [5.74, 6) is -1.48. The topological polar surface area (TPSA) is 99.1 Å². The molecule has 1 aromatic rings. The first-order valence-electron chi connectivity index (χ1n) is 7.93. The summed E-state index contributed by atoms with van der Waals surface area (Å²) in [7, 11) is 2.13. The number of hydrogen-bond donors (Lipinski definition) is 3. The number of carbonyl (C=O) groups is 2. The zero-order chi connectivity index (χ0) is 18.4. The van der Waals surface area contributed by atoms with E-state index in [1.807, 2.05) is 0 Å². The molecule has 2 heterocycles. The van der Waals surface area contributed by atoms with Gasteiger partial charge >= 0.3 is 11.9 Å². The fourth-order valence-electron chi connectivity index (χ4n) is 2.77. The minimum atomic E-state index is -1.26. The van der Waals surface area contributed by atoms with Gasteiger partial charge in [0.1, 0.15) is 12.4 Å². The Bertz CT molecular complexity index is 674. The highest BCUT2D eigenvalue weighted by Crippen LogP contribution is 2.42. The molecule has 0 atom stereocenters. The van der Waals surface area contributed by atoms with Crippen molar-refractivity contribution in [3.05, 3.63) is 33.8 Å². The molecule has 2 aliphatic rings. The SMILES string of the molecule is CN1CCOc2cc3c(c(Br)c21)CCNCC3.O=C(O)/C=C/C(=O)O. The fraction of sp³-hybridized carbons (Fsp3) is 0.412. The van der Waals surface area contributed by atoms with Gasteiger partial charge in [-0.25, -0.2) is 9.59 Å². The quantitative estimate of drug-likeness (QED) is 0.635. The lowest BCUT2D eigenvalue weighted by molar-refractivity contribution is -0.134. The van der Waals surface area contributed by atoms with Crippen LogP contribution in [0.2, 0.25) is 0 Å². The van der Waals surface area contributed by atoms with Crippen LogP contribution >= 0.6 is 15.9 Å². The number of likely N-dealkylation sites (N-methyl/N-ethyl adjacent to an activating group) is 1. The molecule has 0 saturated carbocycles. The van der Waals surface area contributed by atoms with E-state index in [1.165, 1.54) is 21.3 Å². The molecule has 2 aliphatic heterocycles. The highest BCUT2D eigenvalue weighted by Gasteiger charge is 2.23. The Morgan fingerprint density at radius 3 is 2.52 bits per heavy atom. The predicted octanol–water partition coefficient (Wildman–Crippen LogP) is 1.68. The van der Waals surface area contributed by atoms with Crippen molar-refractivity contribution in [2.24, 2.45) is 0 Å². The van der Waals surface area contributed by atoms with Crippen LogP contribution in [0.1, 0.15) is 11.1 Å². The summed E-state index contributed by atoms with van der Waals surface area (Å²) in [6.45, 7) is 3.87. The molecule has 8 heteroatoms. The molecular formula is C17H21BrN2O5.